The van der Waals surface area contributed by atoms with Gasteiger partial charge in [-0.2, -0.15) is 0 Å². The second-order valence-electron chi connectivity index (χ2n) is 8.16. The summed E-state index contributed by atoms with van der Waals surface area (Å²) in [6.07, 6.45) is 3.59. The average molecular weight is 350 g/mol. The molecule has 0 saturated carbocycles. The Hall–Kier alpha value is -2.09. The lowest BCUT2D eigenvalue weighted by molar-refractivity contribution is -0.549. The van der Waals surface area contributed by atoms with Crippen LogP contribution in [0.5, 0.6) is 0 Å². The molecule has 2 aromatic rings. The van der Waals surface area contributed by atoms with Crippen LogP contribution in [-0.4, -0.2) is 28.9 Å². The topological polar surface area (TPSA) is 6.25 Å². The summed E-state index contributed by atoms with van der Waals surface area (Å²) < 4.78 is 2.49. The third-order valence-corrected chi connectivity index (χ3v) is 5.62. The first-order chi connectivity index (χ1) is 12.3. The van der Waals surface area contributed by atoms with Gasteiger partial charge in [-0.15, -0.1) is 0 Å². The van der Waals surface area contributed by atoms with Crippen LogP contribution in [-0.2, 0) is 13.1 Å². The third-order valence-electron chi connectivity index (χ3n) is 5.62. The highest BCUT2D eigenvalue weighted by Crippen LogP contribution is 2.20. The molecule has 2 nitrogen and oxygen atoms in total. The van der Waals surface area contributed by atoms with Crippen LogP contribution in [0, 0.1) is 41.5 Å². The van der Waals surface area contributed by atoms with Crippen molar-refractivity contribution in [1.82, 2.24) is 4.90 Å². The third kappa shape index (κ3) is 4.17. The van der Waals surface area contributed by atoms with Crippen molar-refractivity contribution in [2.45, 2.75) is 61.1 Å². The molecule has 1 aliphatic heterocycles. The minimum Gasteiger partial charge on any atom is -0.264 e. The van der Waals surface area contributed by atoms with Crippen molar-refractivity contribution in [1.29, 1.82) is 0 Å². The summed E-state index contributed by atoms with van der Waals surface area (Å²) in [4.78, 5) is 2.49. The molecule has 0 aliphatic carbocycles. The Kier molecular flexibility index (Phi) is 5.50. The second kappa shape index (κ2) is 7.65. The SMILES string of the molecule is Cc1cc(C)c(CN2C=[N+](Cc3c(C)cc(C)cc3C)CCC2)c(C)c1. The van der Waals surface area contributed by atoms with E-state index < -0.39 is 0 Å². The highest BCUT2D eigenvalue weighted by atomic mass is 15.2. The normalized spacial score (nSPS) is 14.5. The predicted octanol–water partition coefficient (Wildman–Crippen LogP) is 4.98. The van der Waals surface area contributed by atoms with Crippen molar-refractivity contribution in [3.05, 3.63) is 68.8 Å². The van der Waals surface area contributed by atoms with Crippen LogP contribution >= 0.6 is 0 Å². The molecule has 2 aromatic carbocycles. The molecule has 0 saturated heterocycles. The van der Waals surface area contributed by atoms with E-state index in [0.29, 0.717) is 0 Å². The van der Waals surface area contributed by atoms with E-state index in [1.807, 2.05) is 0 Å². The molecule has 0 radical (unpaired) electrons. The molecular weight excluding hydrogens is 316 g/mol. The van der Waals surface area contributed by atoms with Gasteiger partial charge in [0.15, 0.2) is 0 Å². The van der Waals surface area contributed by atoms with Crippen molar-refractivity contribution in [2.75, 3.05) is 13.1 Å². The maximum atomic E-state index is 2.49. The van der Waals surface area contributed by atoms with Crippen molar-refractivity contribution in [3.63, 3.8) is 0 Å². The van der Waals surface area contributed by atoms with E-state index in [1.165, 1.54) is 50.9 Å². The molecule has 2 heteroatoms. The van der Waals surface area contributed by atoms with Crippen LogP contribution in [0.25, 0.3) is 0 Å². The Morgan fingerprint density at radius 2 is 1.27 bits per heavy atom. The van der Waals surface area contributed by atoms with Crippen molar-refractivity contribution in [2.24, 2.45) is 0 Å². The lowest BCUT2D eigenvalue weighted by atomic mass is 9.99. The summed E-state index contributed by atoms with van der Waals surface area (Å²) in [6, 6.07) is 9.23. The van der Waals surface area contributed by atoms with Crippen molar-refractivity contribution < 1.29 is 4.58 Å². The maximum absolute atomic E-state index is 2.49. The van der Waals surface area contributed by atoms with Gasteiger partial charge in [0.2, 0.25) is 6.34 Å². The minimum atomic E-state index is 1.01. The van der Waals surface area contributed by atoms with Crippen molar-refractivity contribution in [3.8, 4) is 0 Å². The maximum Gasteiger partial charge on any atom is 0.234 e. The van der Waals surface area contributed by atoms with Gasteiger partial charge < -0.3 is 0 Å². The Morgan fingerprint density at radius 3 is 1.81 bits per heavy atom. The van der Waals surface area contributed by atoms with Gasteiger partial charge in [-0.1, -0.05) is 35.4 Å². The lowest BCUT2D eigenvalue weighted by Crippen LogP contribution is -2.36. The first kappa shape index (κ1) is 18.7. The highest BCUT2D eigenvalue weighted by molar-refractivity contribution is 5.51. The number of nitrogens with zero attached hydrogens (tertiary/aromatic N) is 2. The number of rotatable bonds is 4. The zero-order chi connectivity index (χ0) is 18.8. The molecule has 138 valence electrons. The van der Waals surface area contributed by atoms with Gasteiger partial charge in [-0.3, -0.25) is 9.48 Å². The van der Waals surface area contributed by atoms with E-state index in [1.54, 1.807) is 0 Å². The van der Waals surface area contributed by atoms with Gasteiger partial charge in [0, 0.05) is 6.42 Å². The molecule has 0 amide bonds. The fraction of sp³-hybridized carbons (Fsp3) is 0.458. The summed E-state index contributed by atoms with van der Waals surface area (Å²) >= 11 is 0. The molecule has 1 heterocycles. The predicted molar refractivity (Wildman–Crippen MR) is 111 cm³/mol. The molecule has 0 aromatic heterocycles. The van der Waals surface area contributed by atoms with E-state index in [4.69, 9.17) is 0 Å². The molecule has 0 atom stereocenters. The Bertz CT molecular complexity index is 799. The highest BCUT2D eigenvalue weighted by Gasteiger charge is 2.20. The van der Waals surface area contributed by atoms with Crippen molar-refractivity contribution >= 4 is 6.34 Å². The van der Waals surface area contributed by atoms with E-state index in [9.17, 15) is 0 Å². The number of hydrogen-bond donors (Lipinski definition) is 0. The van der Waals surface area contributed by atoms with E-state index in [-0.39, 0.29) is 0 Å². The largest absolute Gasteiger partial charge is 0.264 e. The summed E-state index contributed by atoms with van der Waals surface area (Å²) in [6.45, 7) is 17.7. The second-order valence-corrected chi connectivity index (χ2v) is 8.16. The smallest absolute Gasteiger partial charge is 0.234 e. The zero-order valence-corrected chi connectivity index (χ0v) is 17.3. The van der Waals surface area contributed by atoms with Gasteiger partial charge in [0.1, 0.15) is 13.1 Å². The molecule has 0 spiro atoms. The summed E-state index contributed by atoms with van der Waals surface area (Å²) in [7, 11) is 0. The summed E-state index contributed by atoms with van der Waals surface area (Å²) in [5, 5.41) is 0. The molecule has 1 aliphatic rings. The molecule has 0 unspecified atom stereocenters. The monoisotopic (exact) mass is 349 g/mol. The van der Waals surface area contributed by atoms with E-state index >= 15 is 0 Å². The summed E-state index contributed by atoms with van der Waals surface area (Å²) in [5.74, 6) is 0. The van der Waals surface area contributed by atoms with Gasteiger partial charge in [-0.05, 0) is 74.9 Å². The van der Waals surface area contributed by atoms with Crippen LogP contribution in [0.4, 0.5) is 0 Å². The van der Waals surface area contributed by atoms with Crippen LogP contribution in [0.1, 0.15) is 50.9 Å². The molecule has 3 rings (SSSR count). The average Bonchev–Trinajstić information content (AvgIpc) is 2.55. The fourth-order valence-corrected chi connectivity index (χ4v) is 4.39. The first-order valence-electron chi connectivity index (χ1n) is 9.80. The molecular formula is C24H33N2+. The Balaban J connectivity index is 1.80. The van der Waals surface area contributed by atoms with Crippen LogP contribution in [0.15, 0.2) is 24.3 Å². The van der Waals surface area contributed by atoms with Gasteiger partial charge in [0.05, 0.1) is 13.1 Å². The van der Waals surface area contributed by atoms with Crippen LogP contribution < -0.4 is 0 Å². The minimum absolute atomic E-state index is 1.01. The summed E-state index contributed by atoms with van der Waals surface area (Å²) in [5.41, 5.74) is 11.3. The van der Waals surface area contributed by atoms with Crippen LogP contribution in [0.3, 0.4) is 0 Å². The standard InChI is InChI=1S/C24H33N2/c1-17-10-19(3)23(20(4)11-17)14-25-8-7-9-26(16-25)15-24-21(5)12-18(2)13-22(24)6/h10-13,16H,7-9,14-15H2,1-6H3/q+1. The molecule has 0 N–H and O–H groups in total. The zero-order valence-electron chi connectivity index (χ0n) is 17.3. The van der Waals surface area contributed by atoms with Gasteiger partial charge >= 0.3 is 0 Å². The lowest BCUT2D eigenvalue weighted by Gasteiger charge is -2.23. The number of aryl methyl sites for hydroxylation is 6. The molecule has 0 bridgehead atoms. The molecule has 0 fully saturated rings. The van der Waals surface area contributed by atoms with Gasteiger partial charge in [-0.25, -0.2) is 0 Å². The van der Waals surface area contributed by atoms with E-state index in [2.05, 4.69) is 81.6 Å². The number of hydrogen-bond acceptors (Lipinski definition) is 1. The first-order valence-corrected chi connectivity index (χ1v) is 9.80. The quantitative estimate of drug-likeness (QED) is 0.705. The Morgan fingerprint density at radius 1 is 0.769 bits per heavy atom. The van der Waals surface area contributed by atoms with E-state index in [0.717, 1.165) is 26.2 Å². The molecule has 26 heavy (non-hydrogen) atoms. The Labute approximate surface area is 159 Å². The fourth-order valence-electron chi connectivity index (χ4n) is 4.39. The number of benzene rings is 2. The van der Waals surface area contributed by atoms with Gasteiger partial charge in [0.25, 0.3) is 0 Å². The van der Waals surface area contributed by atoms with Crippen LogP contribution in [0.2, 0.25) is 0 Å².